The second-order valence-corrected chi connectivity index (χ2v) is 2.10. The Kier molecular flexibility index (Phi) is 8.39. The van der Waals surface area contributed by atoms with Crippen LogP contribution in [0.25, 0.3) is 0 Å². The van der Waals surface area contributed by atoms with Gasteiger partial charge in [0.15, 0.2) is 0 Å². The molecule has 1 rings (SSSR count). The fourth-order valence-electron chi connectivity index (χ4n) is 0.671. The van der Waals surface area contributed by atoms with Crippen molar-refractivity contribution in [3.05, 3.63) is 35.0 Å². The number of nitrogens with zero attached hydrogens (tertiary/aromatic N) is 1. The smallest absolute Gasteiger partial charge is 0.141 e. The molecule has 0 heterocycles. The largest absolute Gasteiger partial charge is 0.625 e. The van der Waals surface area contributed by atoms with Crippen molar-refractivity contribution in [2.75, 3.05) is 7.05 Å². The van der Waals surface area contributed by atoms with Crippen molar-refractivity contribution in [3.8, 4) is 5.75 Å². The molecule has 0 aliphatic carbocycles. The summed E-state index contributed by atoms with van der Waals surface area (Å²) in [6, 6.07) is 8.05. The second kappa shape index (κ2) is 7.17. The Labute approximate surface area is 103 Å². The molecule has 0 bridgehead atoms. The number of hydrogen-bond acceptors (Lipinski definition) is 2. The number of hydroxylamine groups is 1. The van der Waals surface area contributed by atoms with Gasteiger partial charge in [0.05, 0.1) is 6.21 Å². The fraction of sp³-hybridized carbons (Fsp3) is 0.125. The van der Waals surface area contributed by atoms with Gasteiger partial charge >= 0.3 is 0 Å². The van der Waals surface area contributed by atoms with Crippen LogP contribution in [0.2, 0.25) is 0 Å². The van der Waals surface area contributed by atoms with Crippen LogP contribution < -0.4 is 0 Å². The first-order chi connectivity index (χ1) is 5.18. The molecule has 0 spiro atoms. The first-order valence-electron chi connectivity index (χ1n) is 3.05. The van der Waals surface area contributed by atoms with Gasteiger partial charge in [0.25, 0.3) is 0 Å². The van der Waals surface area contributed by atoms with E-state index < -0.39 is 0 Å². The maximum atomic E-state index is 10.5. The van der Waals surface area contributed by atoms with Crippen molar-refractivity contribution in [2.24, 2.45) is 0 Å². The minimum Gasteiger partial charge on any atom is -0.625 e. The van der Waals surface area contributed by atoms with Crippen molar-refractivity contribution < 1.29 is 48.8 Å². The first-order valence-corrected chi connectivity index (χ1v) is 3.05. The average molecular weight is 355 g/mol. The Hall–Kier alpha value is -0.263. The molecular weight excluding hydrogens is 348 g/mol. The molecule has 0 unspecified atom stereocenters. The summed E-state index contributed by atoms with van der Waals surface area (Å²) in [6.45, 7) is 0. The molecule has 5 heteroatoms. The summed E-state index contributed by atoms with van der Waals surface area (Å²) in [4.78, 5) is 0. The number of aromatic hydroxyl groups is 1. The summed E-state index contributed by atoms with van der Waals surface area (Å²) >= 11 is 0. The molecule has 1 aromatic carbocycles. The summed E-state index contributed by atoms with van der Waals surface area (Å²) in [6.07, 6.45) is 1.37. The Morgan fingerprint density at radius 3 is 2.23 bits per heavy atom. The van der Waals surface area contributed by atoms with Crippen LogP contribution >= 0.6 is 0 Å². The van der Waals surface area contributed by atoms with Gasteiger partial charge < -0.3 is 22.4 Å². The molecule has 0 saturated heterocycles. The zero-order valence-electron chi connectivity index (χ0n) is 6.70. The van der Waals surface area contributed by atoms with Crippen molar-refractivity contribution in [1.82, 2.24) is 0 Å². The maximum absolute atomic E-state index is 10.5. The van der Waals surface area contributed by atoms with Crippen LogP contribution in [-0.2, 0) is 39.0 Å². The number of rotatable bonds is 1. The van der Waals surface area contributed by atoms with Gasteiger partial charge in [-0.25, -0.2) is 4.74 Å². The summed E-state index contributed by atoms with van der Waals surface area (Å²) < 4.78 is 0.675. The second-order valence-electron chi connectivity index (χ2n) is 2.10. The average Bonchev–Trinajstić information content (AvgIpc) is 1.93. The number of hydrogen-bond donors (Lipinski definition) is 1. The van der Waals surface area contributed by atoms with E-state index in [-0.39, 0.29) is 44.7 Å². The van der Waals surface area contributed by atoms with Crippen LogP contribution in [0.15, 0.2) is 12.1 Å². The van der Waals surface area contributed by atoms with Gasteiger partial charge in [-0.3, -0.25) is 12.1 Å². The predicted octanol–water partition coefficient (Wildman–Crippen LogP) is 0.547. The predicted molar refractivity (Wildman–Crippen MR) is 40.5 cm³/mol. The van der Waals surface area contributed by atoms with Crippen LogP contribution in [0.3, 0.4) is 0 Å². The van der Waals surface area contributed by atoms with Crippen molar-refractivity contribution in [1.29, 1.82) is 0 Å². The molecule has 3 nitrogen and oxygen atoms in total. The van der Waals surface area contributed by atoms with E-state index in [2.05, 4.69) is 12.1 Å². The fourth-order valence-corrected chi connectivity index (χ4v) is 0.671. The van der Waals surface area contributed by atoms with Crippen molar-refractivity contribution >= 4 is 6.21 Å². The SMILES string of the molecule is C/[N+]([O-])=C/c1c[c-]c(O)[c-]c1.[Rh].[Rh]. The minimum atomic E-state index is -0.0456. The third kappa shape index (κ3) is 5.90. The summed E-state index contributed by atoms with van der Waals surface area (Å²) in [5.74, 6) is -0.0456. The van der Waals surface area contributed by atoms with Crippen LogP contribution in [0.5, 0.6) is 5.75 Å². The standard InChI is InChI=1S/C8H7NO2.2Rh/c1-9(11)6-7-2-4-8(10)5-3-7;;/h2-3,6,10H,1H3;;/q-2;;/b9-6-;;. The van der Waals surface area contributed by atoms with Gasteiger partial charge in [0, 0.05) is 39.0 Å². The van der Waals surface area contributed by atoms with Crippen LogP contribution in [0, 0.1) is 17.3 Å². The summed E-state index contributed by atoms with van der Waals surface area (Å²) in [7, 11) is 1.38. The Morgan fingerprint density at radius 1 is 1.38 bits per heavy atom. The third-order valence-corrected chi connectivity index (χ3v) is 1.08. The van der Waals surface area contributed by atoms with Gasteiger partial charge in [-0.05, 0) is 0 Å². The molecule has 2 radical (unpaired) electrons. The quantitative estimate of drug-likeness (QED) is 0.200. The summed E-state index contributed by atoms with van der Waals surface area (Å²) in [5, 5.41) is 19.2. The molecule has 0 aliphatic rings. The number of phenols is 1. The van der Waals surface area contributed by atoms with E-state index in [0.717, 1.165) is 0 Å². The van der Waals surface area contributed by atoms with Crippen LogP contribution in [-0.4, -0.2) is 23.1 Å². The van der Waals surface area contributed by atoms with Gasteiger partial charge in [-0.2, -0.15) is 5.56 Å². The Morgan fingerprint density at radius 2 is 1.85 bits per heavy atom. The molecule has 13 heavy (non-hydrogen) atoms. The third-order valence-electron chi connectivity index (χ3n) is 1.08. The van der Waals surface area contributed by atoms with Crippen molar-refractivity contribution in [3.63, 3.8) is 0 Å². The molecule has 0 amide bonds. The van der Waals surface area contributed by atoms with Gasteiger partial charge in [0.2, 0.25) is 0 Å². The molecule has 1 N–H and O–H groups in total. The summed E-state index contributed by atoms with van der Waals surface area (Å²) in [5.41, 5.74) is 0.667. The van der Waals surface area contributed by atoms with E-state index in [4.69, 9.17) is 5.11 Å². The first kappa shape index (κ1) is 15.2. The molecule has 0 atom stereocenters. The zero-order chi connectivity index (χ0) is 8.27. The van der Waals surface area contributed by atoms with E-state index in [0.29, 0.717) is 10.3 Å². The maximum Gasteiger partial charge on any atom is 0.141 e. The molecule has 0 aromatic heterocycles. The molecular formula is C8H7NO2Rh2-2. The van der Waals surface area contributed by atoms with Crippen LogP contribution in [0.1, 0.15) is 5.56 Å². The van der Waals surface area contributed by atoms with Gasteiger partial charge in [-0.15, -0.1) is 5.75 Å². The van der Waals surface area contributed by atoms with Crippen LogP contribution in [0.4, 0.5) is 0 Å². The van der Waals surface area contributed by atoms with E-state index in [1.807, 2.05) is 0 Å². The van der Waals surface area contributed by atoms with E-state index >= 15 is 0 Å². The minimum absolute atomic E-state index is 0. The molecule has 0 saturated carbocycles. The molecule has 76 valence electrons. The number of benzene rings is 1. The number of phenolic OH excluding ortho intramolecular Hbond substituents is 1. The zero-order valence-corrected chi connectivity index (χ0v) is 9.98. The van der Waals surface area contributed by atoms with E-state index in [9.17, 15) is 5.21 Å². The van der Waals surface area contributed by atoms with Crippen molar-refractivity contribution in [2.45, 2.75) is 0 Å². The molecule has 0 fully saturated rings. The topological polar surface area (TPSA) is 46.3 Å². The van der Waals surface area contributed by atoms with E-state index in [1.165, 1.54) is 25.4 Å². The Bertz CT molecular complexity index is 268. The molecule has 0 aliphatic heterocycles. The van der Waals surface area contributed by atoms with Gasteiger partial charge in [0.1, 0.15) is 7.05 Å². The monoisotopic (exact) mass is 355 g/mol. The molecule has 1 aromatic rings. The Balaban J connectivity index is 0. The van der Waals surface area contributed by atoms with Gasteiger partial charge in [-0.1, -0.05) is 0 Å². The normalized spacial score (nSPS) is 9.77. The van der Waals surface area contributed by atoms with E-state index in [1.54, 1.807) is 0 Å².